The summed E-state index contributed by atoms with van der Waals surface area (Å²) in [6.07, 6.45) is 1.49. The number of hydrogen-bond acceptors (Lipinski definition) is 9. The molecule has 1 atom stereocenters. The Morgan fingerprint density at radius 2 is 1.83 bits per heavy atom. The highest BCUT2D eigenvalue weighted by atomic mass is 127. The third kappa shape index (κ3) is 8.73. The second-order valence-electron chi connectivity index (χ2n) is 9.73. The van der Waals surface area contributed by atoms with E-state index in [1.165, 1.54) is 6.21 Å². The number of nitrogens with one attached hydrogen (secondary N) is 3. The molecule has 46 heavy (non-hydrogen) atoms. The fourth-order valence-corrected chi connectivity index (χ4v) is 5.63. The van der Waals surface area contributed by atoms with E-state index in [1.807, 2.05) is 25.1 Å². The second kappa shape index (κ2) is 16.6. The molecule has 0 saturated heterocycles. The van der Waals surface area contributed by atoms with Crippen molar-refractivity contribution >= 4 is 58.0 Å². The van der Waals surface area contributed by atoms with Crippen LogP contribution in [0, 0.1) is 14.9 Å². The largest absolute Gasteiger partial charge is 0.490 e. The summed E-state index contributed by atoms with van der Waals surface area (Å²) in [6.45, 7) is 5.84. The predicted molar refractivity (Wildman–Crippen MR) is 184 cm³/mol. The van der Waals surface area contributed by atoms with E-state index in [-0.39, 0.29) is 19.8 Å². The van der Waals surface area contributed by atoms with E-state index < -0.39 is 17.9 Å². The van der Waals surface area contributed by atoms with Gasteiger partial charge in [-0.3, -0.25) is 4.79 Å². The Morgan fingerprint density at radius 1 is 1.07 bits per heavy atom. The molecule has 3 N–H and O–H groups in total. The number of nitrogens with zero attached hydrogens (tertiary/aromatic N) is 2. The normalized spacial score (nSPS) is 14.2. The van der Waals surface area contributed by atoms with Gasteiger partial charge in [-0.1, -0.05) is 36.4 Å². The summed E-state index contributed by atoms with van der Waals surface area (Å²) >= 11 is 7.47. The molecule has 0 fully saturated rings. The Kier molecular flexibility index (Phi) is 12.3. The zero-order chi connectivity index (χ0) is 33.1. The first kappa shape index (κ1) is 34.2. The molecule has 0 aromatic heterocycles. The summed E-state index contributed by atoms with van der Waals surface area (Å²) in [5, 5.41) is 19.9. The summed E-state index contributed by atoms with van der Waals surface area (Å²) in [5.41, 5.74) is 6.00. The number of hydrazone groups is 1. The van der Waals surface area contributed by atoms with Gasteiger partial charge in [0.05, 0.1) is 46.2 Å². The van der Waals surface area contributed by atoms with Crippen molar-refractivity contribution in [2.75, 3.05) is 19.8 Å². The molecular formula is C33H32IN5O6S. The van der Waals surface area contributed by atoms with Crippen LogP contribution in [0.4, 0.5) is 0 Å². The van der Waals surface area contributed by atoms with Crippen LogP contribution in [-0.2, 0) is 20.9 Å². The molecule has 0 radical (unpaired) electrons. The molecule has 0 bridgehead atoms. The van der Waals surface area contributed by atoms with E-state index in [1.54, 1.807) is 56.3 Å². The lowest BCUT2D eigenvalue weighted by molar-refractivity contribution is -0.139. The van der Waals surface area contributed by atoms with Crippen molar-refractivity contribution in [3.63, 3.8) is 0 Å². The second-order valence-corrected chi connectivity index (χ2v) is 11.3. The molecule has 1 aliphatic rings. The summed E-state index contributed by atoms with van der Waals surface area (Å²) in [5.74, 6) is 0.466. The quantitative estimate of drug-likeness (QED) is 0.0716. The Labute approximate surface area is 286 Å². The molecule has 13 heteroatoms. The number of ether oxygens (including phenoxy) is 4. The molecule has 0 saturated carbocycles. The zero-order valence-corrected chi connectivity index (χ0v) is 28.4. The predicted octanol–water partition coefficient (Wildman–Crippen LogP) is 5.03. The SMILES string of the molecule is CCOC(=O)C1=C(C)NC(=S)N[C@H]1c1ccccc1OCC(=O)NN=Cc1cc(I)c(OCc2ccccc2C#N)c(OCC)c1. The van der Waals surface area contributed by atoms with Gasteiger partial charge in [0.15, 0.2) is 23.2 Å². The van der Waals surface area contributed by atoms with Gasteiger partial charge < -0.3 is 29.6 Å². The zero-order valence-electron chi connectivity index (χ0n) is 25.4. The standard InChI is InChI=1S/C33H32IN5O6S/c1-4-42-27-15-21(14-25(34)31(27)45-18-23-11-7-6-10-22(23)16-35)17-36-39-28(40)19-44-26-13-9-8-12-24(26)30-29(32(41)43-5-2)20(3)37-33(46)38-30/h6-15,17,30H,4-5,18-19H2,1-3H3,(H,39,40)(H2,37,38,46)/t30-/m0/s1. The first-order chi connectivity index (χ1) is 22.2. The minimum absolute atomic E-state index is 0.201. The Morgan fingerprint density at radius 3 is 2.59 bits per heavy atom. The molecular weight excluding hydrogens is 721 g/mol. The molecule has 0 unspecified atom stereocenters. The van der Waals surface area contributed by atoms with Gasteiger partial charge >= 0.3 is 5.97 Å². The third-order valence-electron chi connectivity index (χ3n) is 6.60. The van der Waals surface area contributed by atoms with Gasteiger partial charge in [-0.15, -0.1) is 0 Å². The van der Waals surface area contributed by atoms with Crippen LogP contribution in [0.5, 0.6) is 17.2 Å². The van der Waals surface area contributed by atoms with E-state index in [0.29, 0.717) is 56.9 Å². The number of allylic oxidation sites excluding steroid dienone is 1. The van der Waals surface area contributed by atoms with E-state index in [4.69, 9.17) is 31.2 Å². The molecule has 1 amide bonds. The number of thiocarbonyl (C=S) groups is 1. The molecule has 3 aromatic rings. The fourth-order valence-electron chi connectivity index (χ4n) is 4.58. The van der Waals surface area contributed by atoms with Gasteiger partial charge in [0.1, 0.15) is 12.4 Å². The van der Waals surface area contributed by atoms with Crippen molar-refractivity contribution in [3.8, 4) is 23.3 Å². The molecule has 0 aliphatic carbocycles. The summed E-state index contributed by atoms with van der Waals surface area (Å²) in [6, 6.07) is 19.4. The molecule has 1 heterocycles. The highest BCUT2D eigenvalue weighted by Crippen LogP contribution is 2.35. The van der Waals surface area contributed by atoms with Gasteiger partial charge in [-0.05, 0) is 85.4 Å². The lowest BCUT2D eigenvalue weighted by Crippen LogP contribution is -2.45. The topological polar surface area (TPSA) is 143 Å². The van der Waals surface area contributed by atoms with E-state index in [2.05, 4.69) is 49.8 Å². The van der Waals surface area contributed by atoms with Crippen LogP contribution >= 0.6 is 34.8 Å². The molecule has 4 rings (SSSR count). The lowest BCUT2D eigenvalue weighted by Gasteiger charge is -2.30. The van der Waals surface area contributed by atoms with Crippen LogP contribution in [0.15, 0.2) is 77.0 Å². The number of benzene rings is 3. The van der Waals surface area contributed by atoms with Gasteiger partial charge in [0.2, 0.25) is 0 Å². The van der Waals surface area contributed by atoms with Gasteiger partial charge in [-0.25, -0.2) is 10.2 Å². The molecule has 11 nitrogen and oxygen atoms in total. The fraction of sp³-hybridized carbons (Fsp3) is 0.242. The van der Waals surface area contributed by atoms with Crippen LogP contribution in [0.2, 0.25) is 0 Å². The van der Waals surface area contributed by atoms with Crippen LogP contribution in [-0.4, -0.2) is 43.0 Å². The maximum atomic E-state index is 12.8. The summed E-state index contributed by atoms with van der Waals surface area (Å²) < 4.78 is 23.8. The number of esters is 1. The third-order valence-corrected chi connectivity index (χ3v) is 7.62. The van der Waals surface area contributed by atoms with Crippen LogP contribution in [0.25, 0.3) is 0 Å². The average molecular weight is 754 g/mol. The smallest absolute Gasteiger partial charge is 0.338 e. The van der Waals surface area contributed by atoms with Crippen LogP contribution in [0.3, 0.4) is 0 Å². The van der Waals surface area contributed by atoms with E-state index in [0.717, 1.165) is 9.13 Å². The molecule has 238 valence electrons. The Bertz CT molecular complexity index is 1720. The van der Waals surface area contributed by atoms with Crippen molar-refractivity contribution in [3.05, 3.63) is 97.8 Å². The van der Waals surface area contributed by atoms with Crippen molar-refractivity contribution < 1.29 is 28.5 Å². The summed E-state index contributed by atoms with van der Waals surface area (Å²) in [4.78, 5) is 25.4. The van der Waals surface area contributed by atoms with Crippen molar-refractivity contribution in [2.24, 2.45) is 5.10 Å². The molecule has 3 aromatic carbocycles. The first-order valence-electron chi connectivity index (χ1n) is 14.3. The van der Waals surface area contributed by atoms with Crippen molar-refractivity contribution in [2.45, 2.75) is 33.4 Å². The highest BCUT2D eigenvalue weighted by Gasteiger charge is 2.32. The number of para-hydroxylation sites is 1. The Hall–Kier alpha value is -4.68. The van der Waals surface area contributed by atoms with E-state index in [9.17, 15) is 14.9 Å². The number of nitriles is 1. The summed E-state index contributed by atoms with van der Waals surface area (Å²) in [7, 11) is 0. The lowest BCUT2D eigenvalue weighted by atomic mass is 9.95. The first-order valence-corrected chi connectivity index (χ1v) is 15.8. The monoisotopic (exact) mass is 753 g/mol. The number of carbonyl (C=O) groups is 2. The number of carbonyl (C=O) groups excluding carboxylic acids is 2. The average Bonchev–Trinajstić information content (AvgIpc) is 3.03. The maximum Gasteiger partial charge on any atom is 0.338 e. The molecule has 1 aliphatic heterocycles. The number of amides is 1. The number of hydrogen-bond donors (Lipinski definition) is 3. The van der Waals surface area contributed by atoms with Gasteiger partial charge in [0.25, 0.3) is 5.91 Å². The van der Waals surface area contributed by atoms with Crippen LogP contribution in [0.1, 0.15) is 49.1 Å². The number of rotatable bonds is 13. The minimum Gasteiger partial charge on any atom is -0.490 e. The molecule has 0 spiro atoms. The minimum atomic E-state index is -0.639. The highest BCUT2D eigenvalue weighted by molar-refractivity contribution is 14.1. The van der Waals surface area contributed by atoms with Gasteiger partial charge in [-0.2, -0.15) is 10.4 Å². The number of halogens is 1. The Balaban J connectivity index is 1.42. The van der Waals surface area contributed by atoms with Gasteiger partial charge in [0, 0.05) is 16.8 Å². The van der Waals surface area contributed by atoms with Crippen molar-refractivity contribution in [1.82, 2.24) is 16.1 Å². The van der Waals surface area contributed by atoms with E-state index >= 15 is 0 Å². The van der Waals surface area contributed by atoms with Crippen LogP contribution < -0.4 is 30.3 Å². The maximum absolute atomic E-state index is 12.8. The van der Waals surface area contributed by atoms with Crippen molar-refractivity contribution in [1.29, 1.82) is 5.26 Å².